The Morgan fingerprint density at radius 3 is 1.35 bits per heavy atom. The normalized spacial score (nSPS) is 10.6. The molecule has 0 atom stereocenters. The number of carbonyl (C=O) groups is 2. The van der Waals surface area contributed by atoms with Crippen LogP contribution in [0.25, 0.3) is 0 Å². The molecule has 0 aliphatic carbocycles. The summed E-state index contributed by atoms with van der Waals surface area (Å²) in [6.07, 6.45) is 0. The highest BCUT2D eigenvalue weighted by molar-refractivity contribution is 5.98. The van der Waals surface area contributed by atoms with E-state index in [4.69, 9.17) is 0 Å². The Morgan fingerprint density at radius 2 is 1.00 bits per heavy atom. The van der Waals surface area contributed by atoms with Crippen molar-refractivity contribution >= 4 is 11.6 Å². The first-order chi connectivity index (χ1) is 9.77. The summed E-state index contributed by atoms with van der Waals surface area (Å²) in [7, 11) is 0. The number of carbonyl (C=O) groups excluding carboxylic acids is 2. The second kappa shape index (κ2) is 7.09. The quantitative estimate of drug-likeness (QED) is 0.595. The second-order valence-electron chi connectivity index (χ2n) is 4.18. The van der Waals surface area contributed by atoms with Crippen LogP contribution < -0.4 is 0 Å². The van der Waals surface area contributed by atoms with E-state index in [0.29, 0.717) is 11.1 Å². The molecule has 0 aliphatic rings. The van der Waals surface area contributed by atoms with Gasteiger partial charge < -0.3 is 0 Å². The van der Waals surface area contributed by atoms with Crippen LogP contribution in [0.15, 0.2) is 70.9 Å². The molecule has 100 valence electrons. The van der Waals surface area contributed by atoms with Gasteiger partial charge in [0.2, 0.25) is 0 Å². The van der Waals surface area contributed by atoms with E-state index in [0.717, 1.165) is 0 Å². The average Bonchev–Trinajstić information content (AvgIpc) is 2.53. The lowest BCUT2D eigenvalue weighted by atomic mass is 10.1. The lowest BCUT2D eigenvalue weighted by Gasteiger charge is -1.97. The fourth-order valence-electron chi connectivity index (χ4n) is 1.66. The zero-order valence-corrected chi connectivity index (χ0v) is 10.9. The van der Waals surface area contributed by atoms with Crippen LogP contribution in [-0.2, 0) is 0 Å². The molecule has 0 bridgehead atoms. The van der Waals surface area contributed by atoms with Crippen molar-refractivity contribution in [3.8, 4) is 0 Å². The SMILES string of the molecule is O=C(CN=NCC(=O)c1ccccc1)c1ccccc1. The van der Waals surface area contributed by atoms with Crippen molar-refractivity contribution in [1.29, 1.82) is 0 Å². The van der Waals surface area contributed by atoms with Crippen molar-refractivity contribution in [3.05, 3.63) is 71.8 Å². The van der Waals surface area contributed by atoms with Gasteiger partial charge in [0.1, 0.15) is 13.1 Å². The number of rotatable bonds is 6. The van der Waals surface area contributed by atoms with Crippen LogP contribution in [0.2, 0.25) is 0 Å². The van der Waals surface area contributed by atoms with Gasteiger partial charge >= 0.3 is 0 Å². The Kier molecular flexibility index (Phi) is 4.89. The van der Waals surface area contributed by atoms with Crippen LogP contribution in [0.5, 0.6) is 0 Å². The highest BCUT2D eigenvalue weighted by Crippen LogP contribution is 2.02. The van der Waals surface area contributed by atoms with Crippen molar-refractivity contribution in [3.63, 3.8) is 0 Å². The Bertz CT molecular complexity index is 551. The van der Waals surface area contributed by atoms with E-state index in [2.05, 4.69) is 10.2 Å². The van der Waals surface area contributed by atoms with Crippen molar-refractivity contribution in [1.82, 2.24) is 0 Å². The van der Waals surface area contributed by atoms with E-state index in [9.17, 15) is 9.59 Å². The summed E-state index contributed by atoms with van der Waals surface area (Å²) in [6, 6.07) is 17.8. The average molecular weight is 266 g/mol. The third kappa shape index (κ3) is 3.95. The molecule has 0 N–H and O–H groups in total. The van der Waals surface area contributed by atoms with Crippen LogP contribution in [0.3, 0.4) is 0 Å². The standard InChI is InChI=1S/C16H14N2O2/c19-15(13-7-3-1-4-8-13)11-17-18-12-16(20)14-9-5-2-6-10-14/h1-10H,11-12H2. The van der Waals surface area contributed by atoms with E-state index in [-0.39, 0.29) is 24.7 Å². The molecule has 20 heavy (non-hydrogen) atoms. The Morgan fingerprint density at radius 1 is 0.650 bits per heavy atom. The molecular formula is C16H14N2O2. The summed E-state index contributed by atoms with van der Waals surface area (Å²) in [5.74, 6) is -0.219. The van der Waals surface area contributed by atoms with Crippen LogP contribution in [-0.4, -0.2) is 24.7 Å². The molecule has 2 aromatic carbocycles. The van der Waals surface area contributed by atoms with Gasteiger partial charge in [-0.05, 0) is 0 Å². The minimum absolute atomic E-state index is 0.0356. The molecule has 2 aromatic rings. The molecule has 0 amide bonds. The first-order valence-electron chi connectivity index (χ1n) is 6.27. The predicted molar refractivity (Wildman–Crippen MR) is 76.1 cm³/mol. The van der Waals surface area contributed by atoms with Gasteiger partial charge in [0.05, 0.1) is 0 Å². The highest BCUT2D eigenvalue weighted by atomic mass is 16.1. The minimum atomic E-state index is -0.110. The maximum absolute atomic E-state index is 11.7. The molecule has 0 saturated heterocycles. The molecule has 4 nitrogen and oxygen atoms in total. The molecular weight excluding hydrogens is 252 g/mol. The van der Waals surface area contributed by atoms with Gasteiger partial charge in [-0.2, -0.15) is 10.2 Å². The Labute approximate surface area is 117 Å². The van der Waals surface area contributed by atoms with Crippen LogP contribution in [0.1, 0.15) is 20.7 Å². The highest BCUT2D eigenvalue weighted by Gasteiger charge is 2.05. The smallest absolute Gasteiger partial charge is 0.186 e. The zero-order valence-electron chi connectivity index (χ0n) is 10.9. The number of nitrogens with zero attached hydrogens (tertiary/aromatic N) is 2. The van der Waals surface area contributed by atoms with Gasteiger partial charge in [0.25, 0.3) is 0 Å². The summed E-state index contributed by atoms with van der Waals surface area (Å²) in [5, 5.41) is 7.54. The van der Waals surface area contributed by atoms with E-state index >= 15 is 0 Å². The monoisotopic (exact) mass is 266 g/mol. The van der Waals surface area contributed by atoms with Gasteiger partial charge in [-0.1, -0.05) is 60.7 Å². The van der Waals surface area contributed by atoms with E-state index in [1.165, 1.54) is 0 Å². The number of benzene rings is 2. The fraction of sp³-hybridized carbons (Fsp3) is 0.125. The van der Waals surface area contributed by atoms with Gasteiger partial charge in [-0.3, -0.25) is 9.59 Å². The molecule has 0 unspecified atom stereocenters. The number of ketones is 2. The molecule has 0 heterocycles. The molecule has 0 radical (unpaired) electrons. The van der Waals surface area contributed by atoms with Crippen molar-refractivity contribution in [2.45, 2.75) is 0 Å². The van der Waals surface area contributed by atoms with Gasteiger partial charge in [0.15, 0.2) is 11.6 Å². The molecule has 4 heteroatoms. The molecule has 0 aliphatic heterocycles. The molecule has 0 spiro atoms. The fourth-order valence-corrected chi connectivity index (χ4v) is 1.66. The number of azo groups is 1. The minimum Gasteiger partial charge on any atom is -0.292 e. The molecule has 2 rings (SSSR count). The van der Waals surface area contributed by atoms with Crippen LogP contribution in [0.4, 0.5) is 0 Å². The van der Waals surface area contributed by atoms with Crippen molar-refractivity contribution in [2.75, 3.05) is 13.1 Å². The maximum atomic E-state index is 11.7. The molecule has 0 fully saturated rings. The lowest BCUT2D eigenvalue weighted by Crippen LogP contribution is -2.05. The zero-order chi connectivity index (χ0) is 14.2. The van der Waals surface area contributed by atoms with E-state index in [1.54, 1.807) is 48.5 Å². The first-order valence-corrected chi connectivity index (χ1v) is 6.27. The van der Waals surface area contributed by atoms with Gasteiger partial charge in [-0.15, -0.1) is 0 Å². The second-order valence-corrected chi connectivity index (χ2v) is 4.18. The van der Waals surface area contributed by atoms with E-state index < -0.39 is 0 Å². The largest absolute Gasteiger partial charge is 0.292 e. The van der Waals surface area contributed by atoms with Crippen molar-refractivity contribution in [2.24, 2.45) is 10.2 Å². The topological polar surface area (TPSA) is 58.9 Å². The molecule has 0 saturated carbocycles. The number of hydrogen-bond acceptors (Lipinski definition) is 4. The summed E-state index contributed by atoms with van der Waals surface area (Å²) in [5.41, 5.74) is 1.20. The third-order valence-corrected chi connectivity index (χ3v) is 2.72. The number of Topliss-reactive ketones (excluding diaryl/α,β-unsaturated/α-hetero) is 2. The first kappa shape index (κ1) is 13.8. The number of hydrogen-bond donors (Lipinski definition) is 0. The van der Waals surface area contributed by atoms with E-state index in [1.807, 2.05) is 12.1 Å². The summed E-state index contributed by atoms with van der Waals surface area (Å²) in [6.45, 7) is -0.0713. The Balaban J connectivity index is 1.83. The van der Waals surface area contributed by atoms with Crippen LogP contribution >= 0.6 is 0 Å². The maximum Gasteiger partial charge on any atom is 0.186 e. The third-order valence-electron chi connectivity index (χ3n) is 2.72. The van der Waals surface area contributed by atoms with Gasteiger partial charge in [0, 0.05) is 11.1 Å². The van der Waals surface area contributed by atoms with Gasteiger partial charge in [-0.25, -0.2) is 0 Å². The lowest BCUT2D eigenvalue weighted by molar-refractivity contribution is 0.0984. The summed E-state index contributed by atoms with van der Waals surface area (Å²) in [4.78, 5) is 23.4. The van der Waals surface area contributed by atoms with Crippen molar-refractivity contribution < 1.29 is 9.59 Å². The summed E-state index contributed by atoms with van der Waals surface area (Å²) < 4.78 is 0. The Hall–Kier alpha value is -2.62. The molecule has 0 aromatic heterocycles. The predicted octanol–water partition coefficient (Wildman–Crippen LogP) is 3.20. The summed E-state index contributed by atoms with van der Waals surface area (Å²) >= 11 is 0. The van der Waals surface area contributed by atoms with Crippen LogP contribution in [0, 0.1) is 0 Å².